The maximum absolute atomic E-state index is 13.2. The number of alkyl halides is 3. The second-order valence-corrected chi connectivity index (χ2v) is 8.13. The van der Waals surface area contributed by atoms with Gasteiger partial charge in [-0.05, 0) is 55.3 Å². The maximum Gasteiger partial charge on any atom is 0.416 e. The van der Waals surface area contributed by atoms with Gasteiger partial charge in [-0.1, -0.05) is 49.6 Å². The fourth-order valence-corrected chi connectivity index (χ4v) is 3.74. The molecular weight excluding hydrogens is 413 g/mol. The van der Waals surface area contributed by atoms with E-state index in [2.05, 4.69) is 36.6 Å². The summed E-state index contributed by atoms with van der Waals surface area (Å²) in [5.74, 6) is -0.252. The maximum atomic E-state index is 13.2. The van der Waals surface area contributed by atoms with Crippen LogP contribution in [-0.2, 0) is 19.3 Å². The third kappa shape index (κ3) is 6.25. The van der Waals surface area contributed by atoms with Crippen LogP contribution >= 0.6 is 0 Å². The van der Waals surface area contributed by atoms with Crippen LogP contribution < -0.4 is 0 Å². The van der Waals surface area contributed by atoms with Crippen molar-refractivity contribution in [2.24, 2.45) is 0 Å². The average molecular weight is 443 g/mol. The van der Waals surface area contributed by atoms with Gasteiger partial charge in [0.2, 0.25) is 0 Å². The van der Waals surface area contributed by atoms with E-state index in [1.54, 1.807) is 4.90 Å². The number of hydrogen-bond donors (Lipinski definition) is 0. The van der Waals surface area contributed by atoms with Gasteiger partial charge in [-0.15, -0.1) is 0 Å². The number of amides is 1. The van der Waals surface area contributed by atoms with E-state index in [1.807, 2.05) is 24.4 Å². The Hall–Kier alpha value is -3.02. The molecule has 0 aliphatic heterocycles. The van der Waals surface area contributed by atoms with Crippen LogP contribution in [0.15, 0.2) is 66.9 Å². The van der Waals surface area contributed by atoms with Crippen LogP contribution in [-0.4, -0.2) is 21.9 Å². The van der Waals surface area contributed by atoms with Gasteiger partial charge in [-0.25, -0.2) is 0 Å². The summed E-state index contributed by atoms with van der Waals surface area (Å²) in [6.45, 7) is 5.81. The summed E-state index contributed by atoms with van der Waals surface area (Å²) >= 11 is 0. The first kappa shape index (κ1) is 23.6. The summed E-state index contributed by atoms with van der Waals surface area (Å²) in [5.41, 5.74) is 2.87. The van der Waals surface area contributed by atoms with Crippen molar-refractivity contribution >= 4 is 5.91 Å². The zero-order valence-corrected chi connectivity index (χ0v) is 18.5. The van der Waals surface area contributed by atoms with E-state index in [0.29, 0.717) is 19.6 Å². The van der Waals surface area contributed by atoms with Crippen molar-refractivity contribution in [2.45, 2.75) is 52.4 Å². The Labute approximate surface area is 187 Å². The molecule has 170 valence electrons. The highest BCUT2D eigenvalue weighted by atomic mass is 19.4. The quantitative estimate of drug-likeness (QED) is 0.339. The zero-order valence-electron chi connectivity index (χ0n) is 18.5. The van der Waals surface area contributed by atoms with E-state index in [1.165, 1.54) is 23.3 Å². The van der Waals surface area contributed by atoms with Crippen LogP contribution in [0.2, 0.25) is 0 Å². The van der Waals surface area contributed by atoms with E-state index in [0.717, 1.165) is 37.1 Å². The molecule has 2 aromatic carbocycles. The molecule has 0 aliphatic rings. The minimum absolute atomic E-state index is 0.252. The zero-order chi connectivity index (χ0) is 23.1. The molecule has 0 atom stereocenters. The normalized spacial score (nSPS) is 11.5. The molecule has 3 rings (SSSR count). The van der Waals surface area contributed by atoms with Crippen molar-refractivity contribution in [1.29, 1.82) is 0 Å². The molecule has 0 saturated heterocycles. The monoisotopic (exact) mass is 442 g/mol. The van der Waals surface area contributed by atoms with Crippen molar-refractivity contribution < 1.29 is 18.0 Å². The third-order valence-electron chi connectivity index (χ3n) is 5.49. The average Bonchev–Trinajstić information content (AvgIpc) is 3.18. The van der Waals surface area contributed by atoms with Crippen LogP contribution in [0.1, 0.15) is 58.9 Å². The molecule has 1 heterocycles. The summed E-state index contributed by atoms with van der Waals surface area (Å²) in [6, 6.07) is 16.7. The number of rotatable bonds is 9. The van der Waals surface area contributed by atoms with E-state index < -0.39 is 11.7 Å². The molecule has 3 aromatic rings. The highest BCUT2D eigenvalue weighted by molar-refractivity contribution is 5.94. The third-order valence-corrected chi connectivity index (χ3v) is 5.49. The Kier molecular flexibility index (Phi) is 7.78. The first-order chi connectivity index (χ1) is 15.3. The van der Waals surface area contributed by atoms with Crippen molar-refractivity contribution in [3.8, 4) is 0 Å². The Morgan fingerprint density at radius 2 is 1.75 bits per heavy atom. The summed E-state index contributed by atoms with van der Waals surface area (Å²) in [4.78, 5) is 14.9. The number of aromatic nitrogens is 1. The van der Waals surface area contributed by atoms with Gasteiger partial charge in [0.05, 0.1) is 12.1 Å². The van der Waals surface area contributed by atoms with E-state index >= 15 is 0 Å². The van der Waals surface area contributed by atoms with Gasteiger partial charge < -0.3 is 9.47 Å². The van der Waals surface area contributed by atoms with Crippen LogP contribution in [0, 0.1) is 6.92 Å². The fourth-order valence-electron chi connectivity index (χ4n) is 3.74. The van der Waals surface area contributed by atoms with E-state index in [4.69, 9.17) is 0 Å². The minimum atomic E-state index is -4.42. The lowest BCUT2D eigenvalue weighted by Gasteiger charge is -2.24. The number of halogens is 3. The smallest absolute Gasteiger partial charge is 0.345 e. The highest BCUT2D eigenvalue weighted by Gasteiger charge is 2.30. The lowest BCUT2D eigenvalue weighted by atomic mass is 10.1. The Bertz CT molecular complexity index is 1020. The topological polar surface area (TPSA) is 25.2 Å². The largest absolute Gasteiger partial charge is 0.416 e. The highest BCUT2D eigenvalue weighted by Crippen LogP contribution is 2.29. The van der Waals surface area contributed by atoms with Gasteiger partial charge in [-0.3, -0.25) is 4.79 Å². The van der Waals surface area contributed by atoms with E-state index in [9.17, 15) is 18.0 Å². The second-order valence-electron chi connectivity index (χ2n) is 8.13. The molecule has 32 heavy (non-hydrogen) atoms. The number of aryl methyl sites for hydroxylation is 1. The molecule has 0 unspecified atom stereocenters. The fraction of sp³-hybridized carbons (Fsp3) is 0.346. The van der Waals surface area contributed by atoms with Crippen LogP contribution in [0.25, 0.3) is 0 Å². The number of carbonyl (C=O) groups excluding carboxylic acids is 1. The minimum Gasteiger partial charge on any atom is -0.345 e. The van der Waals surface area contributed by atoms with Gasteiger partial charge >= 0.3 is 6.18 Å². The molecule has 1 aromatic heterocycles. The number of unbranched alkanes of at least 4 members (excludes halogenated alkanes) is 2. The number of benzene rings is 2. The molecule has 1 amide bonds. The summed E-state index contributed by atoms with van der Waals surface area (Å²) < 4.78 is 40.8. The molecule has 0 fully saturated rings. The molecule has 3 nitrogen and oxygen atoms in total. The van der Waals surface area contributed by atoms with E-state index in [-0.39, 0.29) is 11.5 Å². The second kappa shape index (κ2) is 10.5. The standard InChI is InChI=1S/C26H29F3N2O/c1-3-4-5-15-31(25(32)22-11-13-23(14-12-22)26(27,28)29)19-24-10-7-16-30(24)18-21-9-6-8-20(2)17-21/h6-14,16-17H,3-5,15,18-19H2,1-2H3. The van der Waals surface area contributed by atoms with Gasteiger partial charge in [0.15, 0.2) is 0 Å². The SMILES string of the molecule is CCCCCN(Cc1cccn1Cc1cccc(C)c1)C(=O)c1ccc(C(F)(F)F)cc1. The molecule has 0 radical (unpaired) electrons. The predicted molar refractivity (Wildman–Crippen MR) is 120 cm³/mol. The number of nitrogens with zero attached hydrogens (tertiary/aromatic N) is 2. The van der Waals surface area contributed by atoms with Crippen molar-refractivity contribution in [3.63, 3.8) is 0 Å². The molecule has 0 bridgehead atoms. The lowest BCUT2D eigenvalue weighted by Crippen LogP contribution is -2.32. The van der Waals surface area contributed by atoms with Gasteiger partial charge in [0.25, 0.3) is 5.91 Å². The van der Waals surface area contributed by atoms with Gasteiger partial charge in [0, 0.05) is 30.5 Å². The van der Waals surface area contributed by atoms with Gasteiger partial charge in [-0.2, -0.15) is 13.2 Å². The van der Waals surface area contributed by atoms with Crippen molar-refractivity contribution in [2.75, 3.05) is 6.54 Å². The van der Waals surface area contributed by atoms with Gasteiger partial charge in [0.1, 0.15) is 0 Å². The lowest BCUT2D eigenvalue weighted by molar-refractivity contribution is -0.137. The Balaban J connectivity index is 1.79. The molecular formula is C26H29F3N2O. The van der Waals surface area contributed by atoms with Crippen molar-refractivity contribution in [1.82, 2.24) is 9.47 Å². The summed E-state index contributed by atoms with van der Waals surface area (Å²) in [7, 11) is 0. The van der Waals surface area contributed by atoms with Crippen LogP contribution in [0.5, 0.6) is 0 Å². The summed E-state index contributed by atoms with van der Waals surface area (Å²) in [6.07, 6.45) is 0.429. The number of carbonyl (C=O) groups is 1. The molecule has 0 aliphatic carbocycles. The molecule has 0 saturated carbocycles. The Morgan fingerprint density at radius 3 is 2.41 bits per heavy atom. The Morgan fingerprint density at radius 1 is 1.00 bits per heavy atom. The summed E-state index contributed by atoms with van der Waals surface area (Å²) in [5, 5.41) is 0. The number of hydrogen-bond acceptors (Lipinski definition) is 1. The van der Waals surface area contributed by atoms with Crippen LogP contribution in [0.3, 0.4) is 0 Å². The molecule has 0 N–H and O–H groups in total. The van der Waals surface area contributed by atoms with Crippen LogP contribution in [0.4, 0.5) is 13.2 Å². The first-order valence-electron chi connectivity index (χ1n) is 10.9. The first-order valence-corrected chi connectivity index (χ1v) is 10.9. The predicted octanol–water partition coefficient (Wildman–Crippen LogP) is 6.70. The van der Waals surface area contributed by atoms with Crippen molar-refractivity contribution in [3.05, 3.63) is 94.8 Å². The molecule has 6 heteroatoms. The molecule has 0 spiro atoms.